The second-order valence-corrected chi connectivity index (χ2v) is 18.9. The maximum absolute atomic E-state index is 14.0. The van der Waals surface area contributed by atoms with Gasteiger partial charge in [-0.2, -0.15) is 0 Å². The third kappa shape index (κ3) is 10.4. The van der Waals surface area contributed by atoms with Crippen LogP contribution in [0.3, 0.4) is 0 Å². The zero-order valence-corrected chi connectivity index (χ0v) is 39.8. The zero-order valence-electron chi connectivity index (χ0n) is 39.8. The molecule has 354 valence electrons. The van der Waals surface area contributed by atoms with Gasteiger partial charge in [0.1, 0.15) is 24.2 Å². The van der Waals surface area contributed by atoms with E-state index in [-0.39, 0.29) is 53.4 Å². The molecule has 2 fully saturated rings. The average molecular weight is 902 g/mol. The fourth-order valence-corrected chi connectivity index (χ4v) is 10.5. The van der Waals surface area contributed by atoms with Gasteiger partial charge in [0.2, 0.25) is 35.4 Å². The molecule has 0 aromatic heterocycles. The molecule has 2 aliphatic heterocycles. The molecule has 6 amide bonds. The molecule has 5 N–H and O–H groups in total. The van der Waals surface area contributed by atoms with Crippen molar-refractivity contribution in [2.75, 3.05) is 20.1 Å². The van der Waals surface area contributed by atoms with Gasteiger partial charge in [0, 0.05) is 19.0 Å². The number of rotatable bonds is 16. The number of fused-ring (bicyclic) bond motifs is 2. The van der Waals surface area contributed by atoms with E-state index in [9.17, 15) is 28.8 Å². The monoisotopic (exact) mass is 902 g/mol. The highest BCUT2D eigenvalue weighted by Gasteiger charge is 2.40. The van der Waals surface area contributed by atoms with Crippen LogP contribution in [0.4, 0.5) is 0 Å². The first-order chi connectivity index (χ1) is 31.9. The number of nitrogens with one attached hydrogen (secondary N) is 5. The van der Waals surface area contributed by atoms with Crippen molar-refractivity contribution in [1.29, 1.82) is 0 Å². The predicted octanol–water partition coefficient (Wildman–Crippen LogP) is 6.43. The number of carbonyl (C=O) groups excluding carboxylic acids is 6. The van der Waals surface area contributed by atoms with E-state index in [1.807, 2.05) is 27.7 Å². The van der Waals surface area contributed by atoms with Gasteiger partial charge in [-0.25, -0.2) is 0 Å². The summed E-state index contributed by atoms with van der Waals surface area (Å²) in [5.41, 5.74) is 9.19. The van der Waals surface area contributed by atoms with Gasteiger partial charge in [-0.3, -0.25) is 28.8 Å². The highest BCUT2D eigenvalue weighted by molar-refractivity contribution is 5.94. The molecule has 3 aromatic carbocycles. The van der Waals surface area contributed by atoms with Crippen molar-refractivity contribution >= 4 is 35.4 Å². The van der Waals surface area contributed by atoms with Gasteiger partial charge < -0.3 is 36.4 Å². The molecule has 0 spiro atoms. The lowest BCUT2D eigenvalue weighted by molar-refractivity contribution is -0.142. The number of benzene rings is 3. The number of likely N-dealkylation sites (N-methyl/N-ethyl adjacent to an activating group) is 1. The zero-order chi connectivity index (χ0) is 47.1. The Hall–Kier alpha value is -5.56. The molecule has 0 unspecified atom stereocenters. The quantitative estimate of drug-likeness (QED) is 0.110. The van der Waals surface area contributed by atoms with Gasteiger partial charge in [0.05, 0.1) is 18.1 Å². The summed E-state index contributed by atoms with van der Waals surface area (Å²) in [5.74, 6) is -1.24. The Morgan fingerprint density at radius 2 is 1.02 bits per heavy atom. The third-order valence-corrected chi connectivity index (χ3v) is 14.8. The molecular formula is C53H71N7O6. The van der Waals surface area contributed by atoms with Crippen LogP contribution in [0.1, 0.15) is 140 Å². The lowest BCUT2D eigenvalue weighted by atomic mass is 9.81. The largest absolute Gasteiger partial charge is 0.347 e. The van der Waals surface area contributed by atoms with Crippen molar-refractivity contribution in [2.45, 2.75) is 160 Å². The topological polar surface area (TPSA) is 169 Å². The molecule has 2 saturated heterocycles. The summed E-state index contributed by atoms with van der Waals surface area (Å²) >= 11 is 0. The molecule has 8 atom stereocenters. The minimum absolute atomic E-state index is 0.132. The number of hydrogen-bond donors (Lipinski definition) is 5. The van der Waals surface area contributed by atoms with Gasteiger partial charge >= 0.3 is 0 Å². The standard InChI is InChI=1S/C53H71N7O6/c1-7-32(4)48(61)55-42(8-2)52(65)59-30-14-24-46(59)50(63)57-44-22-12-18-38-36(16-10-20-40(38)44)34-26-28-35(29-27-34)37-17-11-21-41-39(37)19-13-23-45(41)58-51(64)47-25-15-31-60(47)53(66)43(9-3)56-49(62)33(5)54-6/h10-11,16-17,20-21,26-29,32-33,42-47,54H,7-9,12-15,18-19,22-25,30-31H2,1-6H3,(H,55,61)(H,56,62)(H,57,63)(H,58,64)/t32-,33+,42+,43+,44-,45-,46+,47+/m1/s1. The van der Waals surface area contributed by atoms with Crippen molar-refractivity contribution in [1.82, 2.24) is 36.4 Å². The summed E-state index contributed by atoms with van der Waals surface area (Å²) in [7, 11) is 1.70. The number of carbonyl (C=O) groups is 6. The maximum Gasteiger partial charge on any atom is 0.245 e. The van der Waals surface area contributed by atoms with Crippen LogP contribution in [0.15, 0.2) is 60.7 Å². The number of hydrogen-bond acceptors (Lipinski definition) is 7. The fourth-order valence-electron chi connectivity index (χ4n) is 10.5. The minimum Gasteiger partial charge on any atom is -0.347 e. The Labute approximate surface area is 391 Å². The second kappa shape index (κ2) is 21.8. The Kier molecular flexibility index (Phi) is 16.0. The lowest BCUT2D eigenvalue weighted by Gasteiger charge is -2.32. The summed E-state index contributed by atoms with van der Waals surface area (Å²) in [5, 5.41) is 15.4. The molecule has 0 radical (unpaired) electrons. The van der Waals surface area contributed by atoms with E-state index in [1.165, 1.54) is 11.1 Å². The molecule has 7 rings (SSSR count). The molecular weight excluding hydrogens is 831 g/mol. The Morgan fingerprint density at radius 3 is 1.42 bits per heavy atom. The molecule has 0 saturated carbocycles. The first kappa shape index (κ1) is 48.4. The SMILES string of the molecule is CC[C@@H](C)C(=O)N[C@@H](CC)C(=O)N1CCC[C@H]1C(=O)N[C@@H]1CCCc2c(-c3ccc(-c4cccc5c4CCC[C@H]5NC(=O)[C@@H]4CCCN4C(=O)[C@H](CC)NC(=O)[C@H](C)NC)cc3)cccc21. The Morgan fingerprint density at radius 1 is 0.576 bits per heavy atom. The van der Waals surface area contributed by atoms with E-state index in [2.05, 4.69) is 87.2 Å². The van der Waals surface area contributed by atoms with E-state index in [1.54, 1.807) is 23.8 Å². The summed E-state index contributed by atoms with van der Waals surface area (Å²) in [4.78, 5) is 84.0. The van der Waals surface area contributed by atoms with E-state index < -0.39 is 30.2 Å². The van der Waals surface area contributed by atoms with E-state index in [0.717, 1.165) is 84.7 Å². The molecule has 2 aliphatic carbocycles. The van der Waals surface area contributed by atoms with E-state index in [4.69, 9.17) is 0 Å². The van der Waals surface area contributed by atoms with E-state index in [0.29, 0.717) is 45.2 Å². The van der Waals surface area contributed by atoms with Crippen LogP contribution in [0, 0.1) is 5.92 Å². The Balaban J connectivity index is 1.03. The molecule has 4 aliphatic rings. The van der Waals surface area contributed by atoms with Crippen molar-refractivity contribution in [2.24, 2.45) is 5.92 Å². The third-order valence-electron chi connectivity index (χ3n) is 14.8. The molecule has 13 nitrogen and oxygen atoms in total. The van der Waals surface area contributed by atoms with Crippen molar-refractivity contribution in [3.8, 4) is 22.3 Å². The molecule has 0 bridgehead atoms. The van der Waals surface area contributed by atoms with Crippen LogP contribution in [-0.2, 0) is 41.6 Å². The normalized spacial score (nSPS) is 22.0. The van der Waals surface area contributed by atoms with Crippen LogP contribution >= 0.6 is 0 Å². The fraction of sp³-hybridized carbons (Fsp3) is 0.547. The maximum atomic E-state index is 14.0. The van der Waals surface area contributed by atoms with Crippen LogP contribution < -0.4 is 26.6 Å². The van der Waals surface area contributed by atoms with Gasteiger partial charge in [-0.15, -0.1) is 0 Å². The first-order valence-corrected chi connectivity index (χ1v) is 24.7. The highest BCUT2D eigenvalue weighted by Crippen LogP contribution is 2.40. The van der Waals surface area contributed by atoms with Crippen molar-refractivity contribution in [3.05, 3.63) is 82.9 Å². The van der Waals surface area contributed by atoms with Crippen LogP contribution in [0.25, 0.3) is 22.3 Å². The highest BCUT2D eigenvalue weighted by atomic mass is 16.2. The van der Waals surface area contributed by atoms with Gasteiger partial charge in [0.15, 0.2) is 0 Å². The average Bonchev–Trinajstić information content (AvgIpc) is 4.05. The minimum atomic E-state index is -0.687. The van der Waals surface area contributed by atoms with Crippen LogP contribution in [0.2, 0.25) is 0 Å². The summed E-state index contributed by atoms with van der Waals surface area (Å²) in [6.07, 6.45) is 9.53. The predicted molar refractivity (Wildman–Crippen MR) is 257 cm³/mol. The van der Waals surface area contributed by atoms with Crippen molar-refractivity contribution in [3.63, 3.8) is 0 Å². The smallest absolute Gasteiger partial charge is 0.245 e. The van der Waals surface area contributed by atoms with Crippen LogP contribution in [0.5, 0.6) is 0 Å². The molecule has 3 aromatic rings. The number of amides is 6. The molecule has 66 heavy (non-hydrogen) atoms. The summed E-state index contributed by atoms with van der Waals surface area (Å²) in [6, 6.07) is 18.1. The van der Waals surface area contributed by atoms with Gasteiger partial charge in [-0.1, -0.05) is 88.4 Å². The Bertz CT molecular complexity index is 2110. The van der Waals surface area contributed by atoms with Crippen LogP contribution in [-0.4, -0.2) is 95.6 Å². The molecule has 13 heteroatoms. The second-order valence-electron chi connectivity index (χ2n) is 18.9. The first-order valence-electron chi connectivity index (χ1n) is 24.7. The summed E-state index contributed by atoms with van der Waals surface area (Å²) < 4.78 is 0. The number of likely N-dealkylation sites (tertiary alicyclic amines) is 2. The lowest BCUT2D eigenvalue weighted by Crippen LogP contribution is -2.55. The van der Waals surface area contributed by atoms with Gasteiger partial charge in [-0.05, 0) is 142 Å². The molecule has 2 heterocycles. The van der Waals surface area contributed by atoms with E-state index >= 15 is 0 Å². The number of nitrogens with zero attached hydrogens (tertiary/aromatic N) is 2. The van der Waals surface area contributed by atoms with Crippen molar-refractivity contribution < 1.29 is 28.8 Å². The summed E-state index contributed by atoms with van der Waals surface area (Å²) in [6.45, 7) is 10.3. The van der Waals surface area contributed by atoms with Gasteiger partial charge in [0.25, 0.3) is 0 Å².